The Bertz CT molecular complexity index is 283. The summed E-state index contributed by atoms with van der Waals surface area (Å²) in [6.45, 7) is 5.03. The number of ether oxygens (including phenoxy) is 1. The van der Waals surface area contributed by atoms with Gasteiger partial charge in [-0.15, -0.1) is 0 Å². The molecule has 1 saturated carbocycles. The smallest absolute Gasteiger partial charge is 0.220 e. The van der Waals surface area contributed by atoms with E-state index in [9.17, 15) is 4.79 Å². The molecule has 4 heteroatoms. The van der Waals surface area contributed by atoms with Crippen molar-refractivity contribution in [3.05, 3.63) is 0 Å². The van der Waals surface area contributed by atoms with Crippen LogP contribution in [0.15, 0.2) is 0 Å². The van der Waals surface area contributed by atoms with Crippen LogP contribution >= 0.6 is 0 Å². The Morgan fingerprint density at radius 2 is 2.17 bits per heavy atom. The fraction of sp³-hybridized carbons (Fsp3) is 0.929. The molecule has 1 aliphatic heterocycles. The van der Waals surface area contributed by atoms with Crippen LogP contribution in [0.2, 0.25) is 0 Å². The van der Waals surface area contributed by atoms with Gasteiger partial charge in [-0.25, -0.2) is 0 Å². The number of amides is 1. The molecule has 0 spiro atoms. The summed E-state index contributed by atoms with van der Waals surface area (Å²) in [6.07, 6.45) is 4.14. The first-order chi connectivity index (χ1) is 8.69. The van der Waals surface area contributed by atoms with E-state index in [4.69, 9.17) is 4.74 Å². The summed E-state index contributed by atoms with van der Waals surface area (Å²) >= 11 is 0. The van der Waals surface area contributed by atoms with E-state index >= 15 is 0 Å². The molecule has 2 unspecified atom stereocenters. The predicted molar refractivity (Wildman–Crippen MR) is 71.3 cm³/mol. The van der Waals surface area contributed by atoms with Crippen molar-refractivity contribution in [2.24, 2.45) is 17.8 Å². The van der Waals surface area contributed by atoms with Gasteiger partial charge in [-0.05, 0) is 50.1 Å². The van der Waals surface area contributed by atoms with Gasteiger partial charge in [0.1, 0.15) is 0 Å². The quantitative estimate of drug-likeness (QED) is 0.774. The maximum absolute atomic E-state index is 11.9. The summed E-state index contributed by atoms with van der Waals surface area (Å²) < 4.78 is 5.06. The molecule has 2 aliphatic rings. The van der Waals surface area contributed by atoms with Crippen LogP contribution in [0.1, 0.15) is 32.6 Å². The third-order valence-corrected chi connectivity index (χ3v) is 4.30. The van der Waals surface area contributed by atoms with Crippen molar-refractivity contribution in [1.29, 1.82) is 0 Å². The number of hydrogen-bond donors (Lipinski definition) is 2. The monoisotopic (exact) mass is 254 g/mol. The Morgan fingerprint density at radius 3 is 2.94 bits per heavy atom. The molecule has 0 radical (unpaired) electrons. The van der Waals surface area contributed by atoms with Crippen molar-refractivity contribution in [3.8, 4) is 0 Å². The Kier molecular flexibility index (Phi) is 5.01. The van der Waals surface area contributed by atoms with Crippen LogP contribution in [0, 0.1) is 17.8 Å². The van der Waals surface area contributed by atoms with E-state index in [1.165, 1.54) is 13.0 Å². The highest BCUT2D eigenvalue weighted by atomic mass is 16.5. The van der Waals surface area contributed by atoms with Gasteiger partial charge in [-0.1, -0.05) is 6.92 Å². The van der Waals surface area contributed by atoms with E-state index in [-0.39, 0.29) is 5.91 Å². The van der Waals surface area contributed by atoms with Crippen LogP contribution in [0.4, 0.5) is 0 Å². The Hall–Kier alpha value is -0.610. The Morgan fingerprint density at radius 1 is 1.39 bits per heavy atom. The van der Waals surface area contributed by atoms with Crippen molar-refractivity contribution in [1.82, 2.24) is 10.6 Å². The van der Waals surface area contributed by atoms with E-state index < -0.39 is 0 Å². The van der Waals surface area contributed by atoms with E-state index in [0.29, 0.717) is 25.0 Å². The van der Waals surface area contributed by atoms with E-state index in [2.05, 4.69) is 17.6 Å². The molecule has 1 heterocycles. The van der Waals surface area contributed by atoms with E-state index in [0.717, 1.165) is 31.2 Å². The second-order valence-electron chi connectivity index (χ2n) is 6.02. The van der Waals surface area contributed by atoms with Gasteiger partial charge >= 0.3 is 0 Å². The van der Waals surface area contributed by atoms with Gasteiger partial charge in [-0.3, -0.25) is 4.79 Å². The zero-order valence-electron chi connectivity index (χ0n) is 11.6. The molecule has 0 aromatic rings. The molecule has 104 valence electrons. The van der Waals surface area contributed by atoms with Crippen LogP contribution in [0.5, 0.6) is 0 Å². The zero-order valence-corrected chi connectivity index (χ0v) is 11.6. The van der Waals surface area contributed by atoms with Gasteiger partial charge in [0.05, 0.1) is 0 Å². The first-order valence-electron chi connectivity index (χ1n) is 7.18. The van der Waals surface area contributed by atoms with E-state index in [1.807, 2.05) is 0 Å². The largest absolute Gasteiger partial charge is 0.384 e. The standard InChI is InChI=1S/C14H26N2O2/c1-10(9-18-2)5-14(17)16-13-4-3-11-7-15-8-12(11)6-13/h10-13,15H,3-9H2,1-2H3,(H,16,17)/t10?,11-,12+,13?/m0/s1. The van der Waals surface area contributed by atoms with Gasteiger partial charge in [0.15, 0.2) is 0 Å². The lowest BCUT2D eigenvalue weighted by molar-refractivity contribution is -0.123. The number of nitrogens with one attached hydrogen (secondary N) is 2. The average Bonchev–Trinajstić information content (AvgIpc) is 2.76. The van der Waals surface area contributed by atoms with Crippen molar-refractivity contribution in [2.45, 2.75) is 38.6 Å². The maximum atomic E-state index is 11.9. The first kappa shape index (κ1) is 13.8. The molecule has 2 fully saturated rings. The van der Waals surface area contributed by atoms with Crippen molar-refractivity contribution in [3.63, 3.8) is 0 Å². The summed E-state index contributed by atoms with van der Waals surface area (Å²) in [5, 5.41) is 6.66. The topological polar surface area (TPSA) is 50.4 Å². The Balaban J connectivity index is 1.71. The molecule has 4 atom stereocenters. The third-order valence-electron chi connectivity index (χ3n) is 4.30. The van der Waals surface area contributed by atoms with Crippen molar-refractivity contribution >= 4 is 5.91 Å². The normalized spacial score (nSPS) is 32.9. The molecule has 0 aromatic carbocycles. The highest BCUT2D eigenvalue weighted by Crippen LogP contribution is 2.32. The summed E-state index contributed by atoms with van der Waals surface area (Å²) in [5.41, 5.74) is 0. The molecule has 18 heavy (non-hydrogen) atoms. The molecule has 0 aromatic heterocycles. The molecule has 4 nitrogen and oxygen atoms in total. The van der Waals surface area contributed by atoms with Gasteiger partial charge in [0, 0.05) is 26.2 Å². The van der Waals surface area contributed by atoms with Gasteiger partial charge < -0.3 is 15.4 Å². The van der Waals surface area contributed by atoms with Gasteiger partial charge in [0.25, 0.3) is 0 Å². The second-order valence-corrected chi connectivity index (χ2v) is 6.02. The summed E-state index contributed by atoms with van der Waals surface area (Å²) in [6, 6.07) is 0.397. The SMILES string of the molecule is COCC(C)CC(=O)NC1CC[C@H]2CNC[C@H]2C1. The summed E-state index contributed by atoms with van der Waals surface area (Å²) in [4.78, 5) is 11.9. The highest BCUT2D eigenvalue weighted by Gasteiger charge is 2.34. The highest BCUT2D eigenvalue weighted by molar-refractivity contribution is 5.76. The lowest BCUT2D eigenvalue weighted by Crippen LogP contribution is -2.41. The van der Waals surface area contributed by atoms with Crippen molar-refractivity contribution < 1.29 is 9.53 Å². The maximum Gasteiger partial charge on any atom is 0.220 e. The molecular formula is C14H26N2O2. The van der Waals surface area contributed by atoms with Gasteiger partial charge in [0.2, 0.25) is 5.91 Å². The average molecular weight is 254 g/mol. The molecule has 2 rings (SSSR count). The Labute approximate surface area is 110 Å². The number of carbonyl (C=O) groups is 1. The molecule has 1 amide bonds. The van der Waals surface area contributed by atoms with Crippen LogP contribution < -0.4 is 10.6 Å². The zero-order chi connectivity index (χ0) is 13.0. The number of methoxy groups -OCH3 is 1. The van der Waals surface area contributed by atoms with Crippen LogP contribution in [-0.2, 0) is 9.53 Å². The molecular weight excluding hydrogens is 228 g/mol. The van der Waals surface area contributed by atoms with Gasteiger partial charge in [-0.2, -0.15) is 0 Å². The molecule has 1 saturated heterocycles. The minimum Gasteiger partial charge on any atom is -0.384 e. The number of carbonyl (C=O) groups excluding carboxylic acids is 1. The number of hydrogen-bond acceptors (Lipinski definition) is 3. The van der Waals surface area contributed by atoms with Crippen LogP contribution in [0.25, 0.3) is 0 Å². The van der Waals surface area contributed by atoms with Crippen molar-refractivity contribution in [2.75, 3.05) is 26.8 Å². The first-order valence-corrected chi connectivity index (χ1v) is 7.18. The minimum atomic E-state index is 0.189. The number of rotatable bonds is 5. The molecule has 0 bridgehead atoms. The van der Waals surface area contributed by atoms with Crippen LogP contribution in [0.3, 0.4) is 0 Å². The number of fused-ring (bicyclic) bond motifs is 1. The lowest BCUT2D eigenvalue weighted by atomic mass is 9.79. The lowest BCUT2D eigenvalue weighted by Gasteiger charge is -2.31. The fourth-order valence-electron chi connectivity index (χ4n) is 3.38. The summed E-state index contributed by atoms with van der Waals surface area (Å²) in [5.74, 6) is 2.12. The third kappa shape index (κ3) is 3.69. The molecule has 2 N–H and O–H groups in total. The molecule has 1 aliphatic carbocycles. The summed E-state index contributed by atoms with van der Waals surface area (Å²) in [7, 11) is 1.68. The van der Waals surface area contributed by atoms with E-state index in [1.54, 1.807) is 7.11 Å². The fourth-order valence-corrected chi connectivity index (χ4v) is 3.38. The predicted octanol–water partition coefficient (Wildman–Crippen LogP) is 1.16. The second kappa shape index (κ2) is 6.53. The van der Waals surface area contributed by atoms with Crippen LogP contribution in [-0.4, -0.2) is 38.8 Å². The minimum absolute atomic E-state index is 0.189.